The van der Waals surface area contributed by atoms with E-state index in [0.29, 0.717) is 6.04 Å². The van der Waals surface area contributed by atoms with Gasteiger partial charge in [-0.2, -0.15) is 0 Å². The minimum Gasteiger partial charge on any atom is -0.363 e. The van der Waals surface area contributed by atoms with Gasteiger partial charge in [-0.1, -0.05) is 31.0 Å². The summed E-state index contributed by atoms with van der Waals surface area (Å²) in [6.07, 6.45) is 5.34. The summed E-state index contributed by atoms with van der Waals surface area (Å²) in [5, 5.41) is 0.770. The van der Waals surface area contributed by atoms with Crippen molar-refractivity contribution in [3.05, 3.63) is 47.0 Å². The van der Waals surface area contributed by atoms with Gasteiger partial charge in [-0.25, -0.2) is 4.98 Å². The molecule has 0 saturated heterocycles. The summed E-state index contributed by atoms with van der Waals surface area (Å²) in [5.74, 6) is 1.08. The molecule has 0 unspecified atom stereocenters. The van der Waals surface area contributed by atoms with Crippen LogP contribution in [-0.2, 0) is 13.0 Å². The molecule has 4 heteroatoms. The molecule has 0 radical (unpaired) electrons. The van der Waals surface area contributed by atoms with E-state index in [1.165, 1.54) is 12.8 Å². The van der Waals surface area contributed by atoms with E-state index in [1.807, 2.05) is 24.4 Å². The SMILES string of the molecule is CCCCc1ncc(CN(c2cccc(Cl)c2)C(C)C)[nH]1. The number of aryl methyl sites for hydroxylation is 1. The Morgan fingerprint density at radius 3 is 2.81 bits per heavy atom. The van der Waals surface area contributed by atoms with Gasteiger partial charge in [-0.05, 0) is 38.5 Å². The third kappa shape index (κ3) is 4.50. The first-order chi connectivity index (χ1) is 10.1. The molecule has 0 aliphatic carbocycles. The van der Waals surface area contributed by atoms with Crippen molar-refractivity contribution in [3.8, 4) is 0 Å². The molecule has 0 amide bonds. The molecular formula is C17H24ClN3. The number of nitrogens with one attached hydrogen (secondary N) is 1. The molecule has 1 aromatic heterocycles. The predicted molar refractivity (Wildman–Crippen MR) is 90.0 cm³/mol. The minimum absolute atomic E-state index is 0.394. The number of benzene rings is 1. The van der Waals surface area contributed by atoms with E-state index in [9.17, 15) is 0 Å². The standard InChI is InChI=1S/C17H24ClN3/c1-4-5-9-17-19-11-15(20-17)12-21(13(2)3)16-8-6-7-14(18)10-16/h6-8,10-11,13H,4-5,9,12H2,1-3H3,(H,19,20). The first-order valence-corrected chi connectivity index (χ1v) is 8.03. The number of rotatable bonds is 7. The van der Waals surface area contributed by atoms with Crippen LogP contribution in [0.3, 0.4) is 0 Å². The Balaban J connectivity index is 2.11. The summed E-state index contributed by atoms with van der Waals surface area (Å²) < 4.78 is 0. The van der Waals surface area contributed by atoms with Crippen LogP contribution < -0.4 is 4.90 Å². The summed E-state index contributed by atoms with van der Waals surface area (Å²) in [6, 6.07) is 8.40. The molecule has 1 heterocycles. The van der Waals surface area contributed by atoms with Crippen molar-refractivity contribution in [2.45, 2.75) is 52.6 Å². The fraction of sp³-hybridized carbons (Fsp3) is 0.471. The van der Waals surface area contributed by atoms with Crippen molar-refractivity contribution in [1.82, 2.24) is 9.97 Å². The van der Waals surface area contributed by atoms with E-state index >= 15 is 0 Å². The highest BCUT2D eigenvalue weighted by Gasteiger charge is 2.13. The van der Waals surface area contributed by atoms with Crippen LogP contribution in [0.5, 0.6) is 0 Å². The Morgan fingerprint density at radius 1 is 1.33 bits per heavy atom. The van der Waals surface area contributed by atoms with Crippen molar-refractivity contribution >= 4 is 17.3 Å². The Bertz CT molecular complexity index is 563. The number of halogens is 1. The van der Waals surface area contributed by atoms with E-state index in [4.69, 9.17) is 11.6 Å². The van der Waals surface area contributed by atoms with E-state index in [1.54, 1.807) is 0 Å². The molecule has 2 aromatic rings. The van der Waals surface area contributed by atoms with Crippen LogP contribution in [0.4, 0.5) is 5.69 Å². The van der Waals surface area contributed by atoms with Gasteiger partial charge in [0.25, 0.3) is 0 Å². The zero-order valence-corrected chi connectivity index (χ0v) is 13.8. The van der Waals surface area contributed by atoms with Gasteiger partial charge in [0.15, 0.2) is 0 Å². The molecule has 1 N–H and O–H groups in total. The van der Waals surface area contributed by atoms with Gasteiger partial charge in [0.2, 0.25) is 0 Å². The molecule has 21 heavy (non-hydrogen) atoms. The molecule has 2 rings (SSSR count). The largest absolute Gasteiger partial charge is 0.363 e. The summed E-state index contributed by atoms with van der Waals surface area (Å²) in [5.41, 5.74) is 2.29. The molecule has 3 nitrogen and oxygen atoms in total. The second kappa shape index (κ2) is 7.51. The molecule has 0 spiro atoms. The summed E-state index contributed by atoms with van der Waals surface area (Å²) in [7, 11) is 0. The van der Waals surface area contributed by atoms with Gasteiger partial charge >= 0.3 is 0 Å². The average Bonchev–Trinajstić information content (AvgIpc) is 2.90. The number of unbranched alkanes of at least 4 members (excludes halogenated alkanes) is 1. The topological polar surface area (TPSA) is 31.9 Å². The van der Waals surface area contributed by atoms with E-state index < -0.39 is 0 Å². The average molecular weight is 306 g/mol. The number of imidazole rings is 1. The highest BCUT2D eigenvalue weighted by Crippen LogP contribution is 2.23. The number of hydrogen-bond acceptors (Lipinski definition) is 2. The van der Waals surface area contributed by atoms with Crippen LogP contribution in [0.1, 0.15) is 45.1 Å². The Morgan fingerprint density at radius 2 is 2.14 bits per heavy atom. The third-order valence-electron chi connectivity index (χ3n) is 3.55. The number of aromatic nitrogens is 2. The van der Waals surface area contributed by atoms with Crippen LogP contribution in [0.15, 0.2) is 30.5 Å². The maximum Gasteiger partial charge on any atom is 0.106 e. The minimum atomic E-state index is 0.394. The lowest BCUT2D eigenvalue weighted by Gasteiger charge is -2.28. The number of hydrogen-bond donors (Lipinski definition) is 1. The van der Waals surface area contributed by atoms with E-state index in [2.05, 4.69) is 41.7 Å². The van der Waals surface area contributed by atoms with Crippen LogP contribution in [0.25, 0.3) is 0 Å². The smallest absolute Gasteiger partial charge is 0.106 e. The Hall–Kier alpha value is -1.48. The first-order valence-electron chi connectivity index (χ1n) is 7.65. The lowest BCUT2D eigenvalue weighted by Crippen LogP contribution is -2.30. The second-order valence-corrected chi connectivity index (χ2v) is 6.10. The maximum absolute atomic E-state index is 6.11. The summed E-state index contributed by atoms with van der Waals surface area (Å²) in [4.78, 5) is 10.2. The fourth-order valence-electron chi connectivity index (χ4n) is 2.37. The molecule has 0 aliphatic heterocycles. The van der Waals surface area contributed by atoms with Gasteiger partial charge in [0.05, 0.1) is 18.4 Å². The first kappa shape index (κ1) is 15.9. The third-order valence-corrected chi connectivity index (χ3v) is 3.79. The van der Waals surface area contributed by atoms with Crippen molar-refractivity contribution in [1.29, 1.82) is 0 Å². The molecule has 0 aliphatic rings. The maximum atomic E-state index is 6.11. The zero-order chi connectivity index (χ0) is 15.2. The van der Waals surface area contributed by atoms with Crippen LogP contribution >= 0.6 is 11.6 Å². The predicted octanol–water partition coefficient (Wildman–Crippen LogP) is 4.82. The highest BCUT2D eigenvalue weighted by atomic mass is 35.5. The van der Waals surface area contributed by atoms with Gasteiger partial charge in [0, 0.05) is 23.2 Å². The Kier molecular flexibility index (Phi) is 5.68. The number of nitrogens with zero attached hydrogens (tertiary/aromatic N) is 2. The number of anilines is 1. The second-order valence-electron chi connectivity index (χ2n) is 5.66. The normalized spacial score (nSPS) is 11.1. The number of H-pyrrole nitrogens is 1. The van der Waals surface area contributed by atoms with E-state index in [0.717, 1.165) is 35.2 Å². The van der Waals surface area contributed by atoms with Crippen molar-refractivity contribution < 1.29 is 0 Å². The molecule has 0 fully saturated rings. The molecular weight excluding hydrogens is 282 g/mol. The molecule has 0 atom stereocenters. The van der Waals surface area contributed by atoms with Gasteiger partial charge < -0.3 is 9.88 Å². The van der Waals surface area contributed by atoms with Crippen LogP contribution in [-0.4, -0.2) is 16.0 Å². The molecule has 114 valence electrons. The summed E-state index contributed by atoms with van der Waals surface area (Å²) in [6.45, 7) is 7.39. The van der Waals surface area contributed by atoms with Crippen molar-refractivity contribution in [3.63, 3.8) is 0 Å². The fourth-order valence-corrected chi connectivity index (χ4v) is 2.55. The van der Waals surface area contributed by atoms with Crippen LogP contribution in [0, 0.1) is 0 Å². The van der Waals surface area contributed by atoms with Gasteiger partial charge in [-0.3, -0.25) is 0 Å². The Labute approximate surface area is 132 Å². The van der Waals surface area contributed by atoms with Gasteiger partial charge in [-0.15, -0.1) is 0 Å². The summed E-state index contributed by atoms with van der Waals surface area (Å²) >= 11 is 6.11. The molecule has 0 saturated carbocycles. The molecule has 0 bridgehead atoms. The monoisotopic (exact) mass is 305 g/mol. The zero-order valence-electron chi connectivity index (χ0n) is 13.1. The highest BCUT2D eigenvalue weighted by molar-refractivity contribution is 6.30. The molecule has 1 aromatic carbocycles. The number of aromatic amines is 1. The van der Waals surface area contributed by atoms with Crippen molar-refractivity contribution in [2.75, 3.05) is 4.90 Å². The quantitative estimate of drug-likeness (QED) is 0.795. The lowest BCUT2D eigenvalue weighted by molar-refractivity contribution is 0.673. The van der Waals surface area contributed by atoms with Crippen molar-refractivity contribution in [2.24, 2.45) is 0 Å². The van der Waals surface area contributed by atoms with Crippen LogP contribution in [0.2, 0.25) is 5.02 Å². The van der Waals surface area contributed by atoms with Gasteiger partial charge in [0.1, 0.15) is 5.82 Å². The van der Waals surface area contributed by atoms with E-state index in [-0.39, 0.29) is 0 Å². The lowest BCUT2D eigenvalue weighted by atomic mass is 10.2.